The third kappa shape index (κ3) is 4.71. The molecule has 8 heteroatoms. The lowest BCUT2D eigenvalue weighted by Gasteiger charge is -2.62. The molecule has 0 bridgehead atoms. The Morgan fingerprint density at radius 2 is 1.00 bits per heavy atom. The average Bonchev–Trinajstić information content (AvgIpc) is 3.21. The van der Waals surface area contributed by atoms with Crippen molar-refractivity contribution in [2.45, 2.75) is 142 Å². The van der Waals surface area contributed by atoms with E-state index in [1.807, 2.05) is 24.3 Å². The van der Waals surface area contributed by atoms with Crippen LogP contribution in [0.1, 0.15) is 117 Å². The van der Waals surface area contributed by atoms with Crippen LogP contribution in [0.4, 0.5) is 22.7 Å². The van der Waals surface area contributed by atoms with E-state index in [-0.39, 0.29) is 46.8 Å². The van der Waals surface area contributed by atoms with Gasteiger partial charge in [0, 0.05) is 71.6 Å². The number of carbonyl (C=O) groups excluding carboxylic acids is 2. The number of hydrogen-bond acceptors (Lipinski definition) is 6. The van der Waals surface area contributed by atoms with Crippen LogP contribution < -0.4 is 30.6 Å². The van der Waals surface area contributed by atoms with Crippen molar-refractivity contribution in [3.63, 3.8) is 0 Å². The molecule has 2 amide bonds. The molecule has 2 aromatic rings. The molecule has 0 aromatic heterocycles. The maximum absolute atomic E-state index is 14.3. The van der Waals surface area contributed by atoms with Gasteiger partial charge in [0.05, 0.1) is 0 Å². The van der Waals surface area contributed by atoms with Crippen molar-refractivity contribution in [3.8, 4) is 0 Å². The minimum absolute atomic E-state index is 0.195. The number of hydrogen-bond donors (Lipinski definition) is 2. The molecule has 8 nitrogen and oxygen atoms in total. The van der Waals surface area contributed by atoms with Crippen LogP contribution in [-0.4, -0.2) is 48.2 Å². The average molecular weight is 603 g/mol. The summed E-state index contributed by atoms with van der Waals surface area (Å²) in [6.45, 7) is 24.7. The molecule has 2 atom stereocenters. The molecule has 2 N–H and O–H groups in total. The molecule has 2 aromatic carbocycles. The first-order chi connectivity index (χ1) is 20.3. The largest absolute Gasteiger partial charge is 0.851 e. The van der Waals surface area contributed by atoms with Crippen LogP contribution in [0, 0.1) is 0 Å². The topological polar surface area (TPSA) is 111 Å². The van der Waals surface area contributed by atoms with Crippen LogP contribution >= 0.6 is 0 Å². The summed E-state index contributed by atoms with van der Waals surface area (Å²) in [7, 11) is 0. The lowest BCUT2D eigenvalue weighted by molar-refractivity contribution is -0.535. The Bertz CT molecular complexity index is 1380. The van der Waals surface area contributed by atoms with Gasteiger partial charge in [0.1, 0.15) is 0 Å². The number of nitrogens with one attached hydrogen (secondary N) is 2. The first-order valence-corrected chi connectivity index (χ1v) is 16.1. The number of nitrogens with zero attached hydrogens (tertiary/aromatic N) is 2. The minimum atomic E-state index is -1.24. The fraction of sp³-hybridized carbons (Fsp3) is 0.611. The number of benzene rings is 2. The molecule has 240 valence electrons. The van der Waals surface area contributed by atoms with E-state index in [0.717, 1.165) is 22.5 Å². The number of rotatable bonds is 6. The summed E-state index contributed by atoms with van der Waals surface area (Å²) in [6, 6.07) is 8.82. The summed E-state index contributed by atoms with van der Waals surface area (Å²) in [5, 5.41) is 34.5. The van der Waals surface area contributed by atoms with Gasteiger partial charge in [-0.25, -0.2) is 0 Å². The summed E-state index contributed by atoms with van der Waals surface area (Å²) < 4.78 is 0. The molecule has 0 spiro atoms. The molecule has 5 rings (SSSR count). The van der Waals surface area contributed by atoms with Crippen molar-refractivity contribution in [3.05, 3.63) is 46.5 Å². The highest BCUT2D eigenvalue weighted by molar-refractivity contribution is 5.92. The highest BCUT2D eigenvalue weighted by Gasteiger charge is 2.48. The smallest absolute Gasteiger partial charge is 0.221 e. The second-order valence-corrected chi connectivity index (χ2v) is 15.1. The Morgan fingerprint density at radius 3 is 1.27 bits per heavy atom. The minimum Gasteiger partial charge on any atom is -0.851 e. The third-order valence-electron chi connectivity index (χ3n) is 11.1. The monoisotopic (exact) mass is 602 g/mol. The Kier molecular flexibility index (Phi) is 7.90. The van der Waals surface area contributed by atoms with Gasteiger partial charge in [-0.05, 0) is 87.8 Å². The second-order valence-electron chi connectivity index (χ2n) is 15.1. The van der Waals surface area contributed by atoms with Crippen LogP contribution in [-0.2, 0) is 20.4 Å². The molecular formula is C36H50N4O4-2. The van der Waals surface area contributed by atoms with Crippen molar-refractivity contribution in [2.24, 2.45) is 0 Å². The molecule has 1 fully saturated rings. The molecule has 2 heterocycles. The predicted octanol–water partition coefficient (Wildman–Crippen LogP) is 4.73. The highest BCUT2D eigenvalue weighted by Crippen LogP contribution is 2.56. The molecule has 1 aliphatic carbocycles. The quantitative estimate of drug-likeness (QED) is 0.495. The molecule has 1 saturated carbocycles. The summed E-state index contributed by atoms with van der Waals surface area (Å²) in [5.74, 6) is -2.15. The van der Waals surface area contributed by atoms with Crippen molar-refractivity contribution in [1.82, 2.24) is 0 Å². The fourth-order valence-electron chi connectivity index (χ4n) is 8.21. The first-order valence-electron chi connectivity index (χ1n) is 16.1. The number of anilines is 4. The van der Waals surface area contributed by atoms with Crippen LogP contribution in [0.2, 0.25) is 0 Å². The van der Waals surface area contributed by atoms with Gasteiger partial charge < -0.3 is 30.6 Å². The maximum Gasteiger partial charge on any atom is 0.221 e. The van der Waals surface area contributed by atoms with Crippen molar-refractivity contribution < 1.29 is 19.8 Å². The standard InChI is InChI=1S/C36H50N4O4/c1-17(2)39-19(5)35(9,10)25-13-23(27(15-29(25)39)37-21(7)41)31-33(43)32(34(31)44)24-14-26-30(16-28(24)38-22(8)42)40(18(3)4)20(6)36(26,11)12/h13-20,31-34H,1-12H3,(H,37,41)(H,38,42)/q-2. The number of fused-ring (bicyclic) bond motifs is 2. The van der Waals surface area contributed by atoms with Crippen LogP contribution in [0.3, 0.4) is 0 Å². The summed E-state index contributed by atoms with van der Waals surface area (Å²) in [6.07, 6.45) is -2.47. The van der Waals surface area contributed by atoms with Gasteiger partial charge in [0.15, 0.2) is 0 Å². The first kappa shape index (κ1) is 32.3. The van der Waals surface area contributed by atoms with Gasteiger partial charge >= 0.3 is 0 Å². The second kappa shape index (κ2) is 10.8. The van der Waals surface area contributed by atoms with E-state index in [1.165, 1.54) is 13.8 Å². The highest BCUT2D eigenvalue weighted by atomic mass is 16.3. The molecule has 3 aliphatic rings. The molecule has 2 unspecified atom stereocenters. The van der Waals surface area contributed by atoms with Gasteiger partial charge in [0.2, 0.25) is 11.8 Å². The zero-order valence-electron chi connectivity index (χ0n) is 28.5. The fourth-order valence-corrected chi connectivity index (χ4v) is 8.21. The lowest BCUT2D eigenvalue weighted by atomic mass is 9.61. The van der Waals surface area contributed by atoms with Gasteiger partial charge in [0.25, 0.3) is 0 Å². The Morgan fingerprint density at radius 1 is 0.682 bits per heavy atom. The van der Waals surface area contributed by atoms with Crippen LogP contribution in [0.15, 0.2) is 24.3 Å². The van der Waals surface area contributed by atoms with Gasteiger partial charge in [-0.2, -0.15) is 0 Å². The van der Waals surface area contributed by atoms with E-state index in [0.29, 0.717) is 22.5 Å². The van der Waals surface area contributed by atoms with Crippen molar-refractivity contribution in [1.29, 1.82) is 0 Å². The normalized spacial score (nSPS) is 28.2. The summed E-state index contributed by atoms with van der Waals surface area (Å²) in [5.41, 5.74) is 6.11. The summed E-state index contributed by atoms with van der Waals surface area (Å²) >= 11 is 0. The van der Waals surface area contributed by atoms with Gasteiger partial charge in [-0.3, -0.25) is 9.59 Å². The SMILES string of the molecule is CC(=O)Nc1cc2c(cc1C1C([O-])C(c3cc4c(cc3NC(C)=O)N(C(C)C)C(C)C4(C)C)C1[O-])C(C)(C)C(C)N2C(C)C. The lowest BCUT2D eigenvalue weighted by Crippen LogP contribution is -2.64. The van der Waals surface area contributed by atoms with E-state index >= 15 is 0 Å². The van der Waals surface area contributed by atoms with E-state index in [9.17, 15) is 19.8 Å². The number of amides is 2. The van der Waals surface area contributed by atoms with E-state index < -0.39 is 24.0 Å². The Balaban J connectivity index is 1.62. The zero-order valence-corrected chi connectivity index (χ0v) is 28.5. The van der Waals surface area contributed by atoms with Gasteiger partial charge in [-0.15, -0.1) is 12.2 Å². The Hall–Kier alpha value is -3.10. The molecule has 0 saturated heterocycles. The van der Waals surface area contributed by atoms with Crippen molar-refractivity contribution >= 4 is 34.6 Å². The van der Waals surface area contributed by atoms with E-state index in [2.05, 4.69) is 89.7 Å². The predicted molar refractivity (Wildman–Crippen MR) is 175 cm³/mol. The summed E-state index contributed by atoms with van der Waals surface area (Å²) in [4.78, 5) is 29.4. The molecule has 44 heavy (non-hydrogen) atoms. The molecular weight excluding hydrogens is 552 g/mol. The zero-order chi connectivity index (χ0) is 32.8. The molecule has 2 aliphatic heterocycles. The maximum atomic E-state index is 14.3. The third-order valence-corrected chi connectivity index (χ3v) is 11.1. The van der Waals surface area contributed by atoms with Gasteiger partial charge in [-0.1, -0.05) is 39.8 Å². The van der Waals surface area contributed by atoms with Crippen molar-refractivity contribution in [2.75, 3.05) is 20.4 Å². The molecule has 0 radical (unpaired) electrons. The van der Waals surface area contributed by atoms with E-state index in [4.69, 9.17) is 0 Å². The van der Waals surface area contributed by atoms with Crippen LogP contribution in [0.5, 0.6) is 0 Å². The Labute approximate surface area is 263 Å². The van der Waals surface area contributed by atoms with Crippen LogP contribution in [0.25, 0.3) is 0 Å². The number of carbonyl (C=O) groups is 2. The van der Waals surface area contributed by atoms with E-state index in [1.54, 1.807) is 0 Å².